The third-order valence-corrected chi connectivity index (χ3v) is 3.27. The van der Waals surface area contributed by atoms with Gasteiger partial charge in [0, 0.05) is 24.8 Å². The van der Waals surface area contributed by atoms with Crippen molar-refractivity contribution in [3.63, 3.8) is 0 Å². The summed E-state index contributed by atoms with van der Waals surface area (Å²) in [5, 5.41) is 7.16. The maximum Gasteiger partial charge on any atom is 0.259 e. The zero-order valence-electron chi connectivity index (χ0n) is 11.7. The van der Waals surface area contributed by atoms with E-state index in [2.05, 4.69) is 10.4 Å². The standard InChI is InChI=1S/C15H18ClN3O/c1-3-14-13(10-19(2)18-14)15(20)17-12-6-4-11(5-7-12)8-9-16/h4-7,10H,3,8-9H2,1-2H3,(H,17,20). The summed E-state index contributed by atoms with van der Waals surface area (Å²) in [7, 11) is 1.82. The number of amides is 1. The minimum atomic E-state index is -0.125. The van der Waals surface area contributed by atoms with E-state index in [0.29, 0.717) is 11.4 Å². The highest BCUT2D eigenvalue weighted by molar-refractivity contribution is 6.18. The summed E-state index contributed by atoms with van der Waals surface area (Å²) in [6, 6.07) is 7.73. The Hall–Kier alpha value is -1.81. The van der Waals surface area contributed by atoms with Gasteiger partial charge in [0.05, 0.1) is 11.3 Å². The van der Waals surface area contributed by atoms with Gasteiger partial charge in [0.2, 0.25) is 0 Å². The van der Waals surface area contributed by atoms with Gasteiger partial charge in [-0.1, -0.05) is 19.1 Å². The second-order valence-corrected chi connectivity index (χ2v) is 4.98. The summed E-state index contributed by atoms with van der Waals surface area (Å²) >= 11 is 5.70. The number of carbonyl (C=O) groups is 1. The summed E-state index contributed by atoms with van der Waals surface area (Å²) in [6.45, 7) is 1.99. The Morgan fingerprint density at radius 3 is 2.65 bits per heavy atom. The van der Waals surface area contributed by atoms with Crippen LogP contribution in [0.4, 0.5) is 5.69 Å². The van der Waals surface area contributed by atoms with Crippen molar-refractivity contribution in [1.29, 1.82) is 0 Å². The Kier molecular flexibility index (Phi) is 4.79. The topological polar surface area (TPSA) is 46.9 Å². The molecule has 1 amide bonds. The number of aromatic nitrogens is 2. The molecule has 1 aromatic carbocycles. The number of hydrogen-bond acceptors (Lipinski definition) is 2. The van der Waals surface area contributed by atoms with E-state index in [1.807, 2.05) is 38.2 Å². The highest BCUT2D eigenvalue weighted by Gasteiger charge is 2.14. The zero-order chi connectivity index (χ0) is 14.5. The second kappa shape index (κ2) is 6.57. The van der Waals surface area contributed by atoms with E-state index < -0.39 is 0 Å². The summed E-state index contributed by atoms with van der Waals surface area (Å²) in [5.74, 6) is 0.474. The number of alkyl halides is 1. The van der Waals surface area contributed by atoms with Crippen molar-refractivity contribution in [2.45, 2.75) is 19.8 Å². The fourth-order valence-corrected chi connectivity index (χ4v) is 2.27. The number of anilines is 1. The lowest BCUT2D eigenvalue weighted by Gasteiger charge is -2.06. The van der Waals surface area contributed by atoms with Crippen LogP contribution >= 0.6 is 11.6 Å². The smallest absolute Gasteiger partial charge is 0.259 e. The summed E-state index contributed by atoms with van der Waals surface area (Å²) in [6.07, 6.45) is 3.31. The first kappa shape index (κ1) is 14.6. The molecule has 2 rings (SSSR count). The average molecular weight is 292 g/mol. The van der Waals surface area contributed by atoms with Crippen LogP contribution in [-0.2, 0) is 19.9 Å². The molecule has 0 saturated heterocycles. The van der Waals surface area contributed by atoms with E-state index in [9.17, 15) is 4.79 Å². The minimum absolute atomic E-state index is 0.125. The fourth-order valence-electron chi connectivity index (χ4n) is 2.05. The van der Waals surface area contributed by atoms with Crippen molar-refractivity contribution in [3.8, 4) is 0 Å². The van der Waals surface area contributed by atoms with Crippen LogP contribution in [-0.4, -0.2) is 21.6 Å². The van der Waals surface area contributed by atoms with Gasteiger partial charge in [0.25, 0.3) is 5.91 Å². The van der Waals surface area contributed by atoms with E-state index >= 15 is 0 Å². The molecule has 106 valence electrons. The molecular weight excluding hydrogens is 274 g/mol. The lowest BCUT2D eigenvalue weighted by Crippen LogP contribution is -2.13. The Balaban J connectivity index is 2.10. The van der Waals surface area contributed by atoms with Crippen LogP contribution in [0.2, 0.25) is 0 Å². The lowest BCUT2D eigenvalue weighted by atomic mass is 10.1. The number of halogens is 1. The third-order valence-electron chi connectivity index (χ3n) is 3.08. The number of hydrogen-bond donors (Lipinski definition) is 1. The molecule has 0 unspecified atom stereocenters. The third kappa shape index (κ3) is 3.39. The molecule has 0 aliphatic rings. The van der Waals surface area contributed by atoms with E-state index in [0.717, 1.165) is 29.8 Å². The van der Waals surface area contributed by atoms with Gasteiger partial charge >= 0.3 is 0 Å². The van der Waals surface area contributed by atoms with Gasteiger partial charge < -0.3 is 5.32 Å². The quantitative estimate of drug-likeness (QED) is 0.861. The Bertz CT molecular complexity index is 590. The van der Waals surface area contributed by atoms with Crippen molar-refractivity contribution < 1.29 is 4.79 Å². The number of aryl methyl sites for hydroxylation is 3. The van der Waals surface area contributed by atoms with Crippen molar-refractivity contribution in [2.24, 2.45) is 7.05 Å². The van der Waals surface area contributed by atoms with Crippen molar-refractivity contribution in [3.05, 3.63) is 47.3 Å². The number of benzene rings is 1. The molecule has 1 N–H and O–H groups in total. The number of nitrogens with one attached hydrogen (secondary N) is 1. The van der Waals surface area contributed by atoms with Crippen LogP contribution in [0.25, 0.3) is 0 Å². The van der Waals surface area contributed by atoms with E-state index in [4.69, 9.17) is 11.6 Å². The fraction of sp³-hybridized carbons (Fsp3) is 0.333. The minimum Gasteiger partial charge on any atom is -0.322 e. The van der Waals surface area contributed by atoms with Crippen LogP contribution in [0.1, 0.15) is 28.5 Å². The monoisotopic (exact) mass is 291 g/mol. The predicted molar refractivity (Wildman–Crippen MR) is 81.4 cm³/mol. The van der Waals surface area contributed by atoms with Crippen LogP contribution < -0.4 is 5.32 Å². The summed E-state index contributed by atoms with van der Waals surface area (Å²) < 4.78 is 1.66. The van der Waals surface area contributed by atoms with Crippen molar-refractivity contribution in [1.82, 2.24) is 9.78 Å². The Morgan fingerprint density at radius 2 is 2.05 bits per heavy atom. The normalized spacial score (nSPS) is 10.6. The zero-order valence-corrected chi connectivity index (χ0v) is 12.4. The lowest BCUT2D eigenvalue weighted by molar-refractivity contribution is 0.102. The summed E-state index contributed by atoms with van der Waals surface area (Å²) in [5.41, 5.74) is 3.37. The van der Waals surface area contributed by atoms with Gasteiger partial charge in [-0.2, -0.15) is 5.10 Å². The van der Waals surface area contributed by atoms with Gasteiger partial charge in [0.1, 0.15) is 0 Å². The van der Waals surface area contributed by atoms with Crippen molar-refractivity contribution in [2.75, 3.05) is 11.2 Å². The van der Waals surface area contributed by atoms with E-state index in [-0.39, 0.29) is 5.91 Å². The van der Waals surface area contributed by atoms with Gasteiger partial charge in [-0.3, -0.25) is 9.48 Å². The highest BCUT2D eigenvalue weighted by atomic mass is 35.5. The molecule has 2 aromatic rings. The van der Waals surface area contributed by atoms with Gasteiger partial charge in [-0.25, -0.2) is 0 Å². The largest absolute Gasteiger partial charge is 0.322 e. The van der Waals surface area contributed by atoms with Gasteiger partial charge in [-0.05, 0) is 30.5 Å². The maximum atomic E-state index is 12.2. The molecule has 0 spiro atoms. The molecule has 0 radical (unpaired) electrons. The van der Waals surface area contributed by atoms with Crippen LogP contribution in [0.3, 0.4) is 0 Å². The molecule has 20 heavy (non-hydrogen) atoms. The molecule has 1 aromatic heterocycles. The molecule has 5 heteroatoms. The highest BCUT2D eigenvalue weighted by Crippen LogP contribution is 2.14. The Labute approximate surface area is 123 Å². The molecule has 0 aliphatic heterocycles. The van der Waals surface area contributed by atoms with Crippen LogP contribution in [0.15, 0.2) is 30.5 Å². The molecule has 0 atom stereocenters. The molecule has 0 fully saturated rings. The molecule has 4 nitrogen and oxygen atoms in total. The van der Waals surface area contributed by atoms with Gasteiger partial charge in [0.15, 0.2) is 0 Å². The van der Waals surface area contributed by atoms with Crippen molar-refractivity contribution >= 4 is 23.2 Å². The SMILES string of the molecule is CCc1nn(C)cc1C(=O)Nc1ccc(CCCl)cc1. The molecule has 0 aliphatic carbocycles. The number of rotatable bonds is 5. The molecule has 1 heterocycles. The predicted octanol–water partition coefficient (Wildman–Crippen LogP) is 3.02. The number of carbonyl (C=O) groups excluding carboxylic acids is 1. The molecular formula is C15H18ClN3O. The van der Waals surface area contributed by atoms with E-state index in [1.54, 1.807) is 10.9 Å². The first-order valence-corrected chi connectivity index (χ1v) is 7.16. The van der Waals surface area contributed by atoms with Crippen LogP contribution in [0.5, 0.6) is 0 Å². The molecule has 0 bridgehead atoms. The molecule has 0 saturated carbocycles. The van der Waals surface area contributed by atoms with E-state index in [1.165, 1.54) is 0 Å². The van der Waals surface area contributed by atoms with Gasteiger partial charge in [-0.15, -0.1) is 11.6 Å². The first-order chi connectivity index (χ1) is 9.63. The second-order valence-electron chi connectivity index (χ2n) is 4.61. The number of nitrogens with zero attached hydrogens (tertiary/aromatic N) is 2. The maximum absolute atomic E-state index is 12.2. The first-order valence-electron chi connectivity index (χ1n) is 6.62. The average Bonchev–Trinajstić information content (AvgIpc) is 2.82. The van der Waals surface area contributed by atoms with Crippen LogP contribution in [0, 0.1) is 0 Å². The summed E-state index contributed by atoms with van der Waals surface area (Å²) in [4.78, 5) is 12.2. The Morgan fingerprint density at radius 1 is 1.35 bits per heavy atom.